The zero-order valence-corrected chi connectivity index (χ0v) is 13.7. The average molecular weight is 322 g/mol. The van der Waals surface area contributed by atoms with Crippen LogP contribution in [-0.2, 0) is 16.1 Å². The maximum Gasteiger partial charge on any atom is 0.224 e. The van der Waals surface area contributed by atoms with Crippen molar-refractivity contribution in [3.05, 3.63) is 12.7 Å². The van der Waals surface area contributed by atoms with Crippen LogP contribution in [0.2, 0.25) is 0 Å². The SMILES string of the molecule is C[C@@H]1CN(C(=O)CCn2cncn2)CC[C@@]1(O)C1CCOCC1. The third kappa shape index (κ3) is 3.55. The van der Waals surface area contributed by atoms with Gasteiger partial charge < -0.3 is 14.7 Å². The van der Waals surface area contributed by atoms with E-state index in [1.54, 1.807) is 11.0 Å². The van der Waals surface area contributed by atoms with E-state index in [9.17, 15) is 9.90 Å². The summed E-state index contributed by atoms with van der Waals surface area (Å²) in [5.41, 5.74) is -0.660. The van der Waals surface area contributed by atoms with Crippen molar-refractivity contribution < 1.29 is 14.6 Å². The number of aryl methyl sites for hydroxylation is 1. The summed E-state index contributed by atoms with van der Waals surface area (Å²) in [6.07, 6.45) is 6.01. The van der Waals surface area contributed by atoms with Crippen molar-refractivity contribution in [3.63, 3.8) is 0 Å². The fourth-order valence-electron chi connectivity index (χ4n) is 3.89. The normalized spacial score (nSPS) is 29.7. The molecule has 0 saturated carbocycles. The second kappa shape index (κ2) is 6.97. The fraction of sp³-hybridized carbons (Fsp3) is 0.812. The average Bonchev–Trinajstić information content (AvgIpc) is 3.09. The molecule has 2 atom stereocenters. The summed E-state index contributed by atoms with van der Waals surface area (Å²) in [4.78, 5) is 18.2. The molecule has 0 aromatic carbocycles. The Morgan fingerprint density at radius 3 is 2.87 bits per heavy atom. The van der Waals surface area contributed by atoms with Crippen molar-refractivity contribution in [1.82, 2.24) is 19.7 Å². The Hall–Kier alpha value is -1.47. The molecular weight excluding hydrogens is 296 g/mol. The van der Waals surface area contributed by atoms with Crippen LogP contribution in [0.5, 0.6) is 0 Å². The summed E-state index contributed by atoms with van der Waals surface area (Å²) in [5, 5.41) is 15.1. The molecule has 3 heterocycles. The summed E-state index contributed by atoms with van der Waals surface area (Å²) in [5.74, 6) is 0.509. The van der Waals surface area contributed by atoms with Crippen molar-refractivity contribution in [3.8, 4) is 0 Å². The topological polar surface area (TPSA) is 80.5 Å². The number of amides is 1. The van der Waals surface area contributed by atoms with Gasteiger partial charge in [-0.15, -0.1) is 0 Å². The highest BCUT2D eigenvalue weighted by Crippen LogP contribution is 2.39. The number of piperidine rings is 1. The first-order valence-electron chi connectivity index (χ1n) is 8.50. The Labute approximate surface area is 136 Å². The molecule has 0 aliphatic carbocycles. The van der Waals surface area contributed by atoms with Crippen molar-refractivity contribution in [2.75, 3.05) is 26.3 Å². The van der Waals surface area contributed by atoms with E-state index in [-0.39, 0.29) is 11.8 Å². The molecule has 23 heavy (non-hydrogen) atoms. The number of rotatable bonds is 4. The summed E-state index contributed by atoms with van der Waals surface area (Å²) in [7, 11) is 0. The number of ether oxygens (including phenoxy) is 1. The number of hydrogen-bond donors (Lipinski definition) is 1. The molecule has 1 amide bonds. The molecule has 2 aliphatic rings. The van der Waals surface area contributed by atoms with E-state index in [0.717, 1.165) is 26.1 Å². The lowest BCUT2D eigenvalue weighted by Gasteiger charge is -2.48. The number of carbonyl (C=O) groups is 1. The van der Waals surface area contributed by atoms with E-state index in [0.29, 0.717) is 38.4 Å². The van der Waals surface area contributed by atoms with Crippen LogP contribution < -0.4 is 0 Å². The maximum absolute atomic E-state index is 12.4. The molecule has 1 N–H and O–H groups in total. The zero-order chi connectivity index (χ0) is 16.3. The van der Waals surface area contributed by atoms with Gasteiger partial charge >= 0.3 is 0 Å². The van der Waals surface area contributed by atoms with Gasteiger partial charge in [0, 0.05) is 38.6 Å². The molecule has 2 saturated heterocycles. The highest BCUT2D eigenvalue weighted by Gasteiger charge is 2.45. The molecule has 1 aromatic heterocycles. The summed E-state index contributed by atoms with van der Waals surface area (Å²) < 4.78 is 7.08. The van der Waals surface area contributed by atoms with Crippen LogP contribution in [0.4, 0.5) is 0 Å². The molecule has 7 heteroatoms. The van der Waals surface area contributed by atoms with Gasteiger partial charge in [0.2, 0.25) is 5.91 Å². The Bertz CT molecular complexity index is 515. The van der Waals surface area contributed by atoms with Crippen molar-refractivity contribution in [1.29, 1.82) is 0 Å². The van der Waals surface area contributed by atoms with Crippen LogP contribution in [0.3, 0.4) is 0 Å². The summed E-state index contributed by atoms with van der Waals surface area (Å²) in [6, 6.07) is 0. The lowest BCUT2D eigenvalue weighted by Crippen LogP contribution is -2.56. The number of aromatic nitrogens is 3. The number of hydrogen-bond acceptors (Lipinski definition) is 5. The van der Waals surface area contributed by atoms with Crippen LogP contribution in [0.1, 0.15) is 32.6 Å². The van der Waals surface area contributed by atoms with Gasteiger partial charge in [-0.1, -0.05) is 6.92 Å². The Kier molecular flexibility index (Phi) is 4.96. The molecular formula is C16H26N4O3. The lowest BCUT2D eigenvalue weighted by atomic mass is 9.70. The molecule has 1 aromatic rings. The first-order valence-corrected chi connectivity index (χ1v) is 8.50. The monoisotopic (exact) mass is 322 g/mol. The number of aliphatic hydroxyl groups is 1. The Balaban J connectivity index is 1.53. The third-order valence-electron chi connectivity index (χ3n) is 5.43. The van der Waals surface area contributed by atoms with Crippen LogP contribution in [0.15, 0.2) is 12.7 Å². The van der Waals surface area contributed by atoms with Gasteiger partial charge in [0.25, 0.3) is 0 Å². The van der Waals surface area contributed by atoms with E-state index in [4.69, 9.17) is 4.74 Å². The van der Waals surface area contributed by atoms with Gasteiger partial charge in [0.05, 0.1) is 12.1 Å². The maximum atomic E-state index is 12.4. The third-order valence-corrected chi connectivity index (χ3v) is 5.43. The van der Waals surface area contributed by atoms with Crippen molar-refractivity contribution in [2.24, 2.45) is 11.8 Å². The van der Waals surface area contributed by atoms with E-state index in [2.05, 4.69) is 17.0 Å². The van der Waals surface area contributed by atoms with Gasteiger partial charge in [0.1, 0.15) is 12.7 Å². The largest absolute Gasteiger partial charge is 0.389 e. The zero-order valence-electron chi connectivity index (χ0n) is 13.7. The minimum Gasteiger partial charge on any atom is -0.389 e. The molecule has 0 radical (unpaired) electrons. The second-order valence-electron chi connectivity index (χ2n) is 6.78. The smallest absolute Gasteiger partial charge is 0.224 e. The molecule has 0 bridgehead atoms. The quantitative estimate of drug-likeness (QED) is 0.882. The number of likely N-dealkylation sites (tertiary alicyclic amines) is 1. The van der Waals surface area contributed by atoms with Crippen LogP contribution in [0.25, 0.3) is 0 Å². The number of carbonyl (C=O) groups excluding carboxylic acids is 1. The van der Waals surface area contributed by atoms with Crippen LogP contribution >= 0.6 is 0 Å². The lowest BCUT2D eigenvalue weighted by molar-refractivity contribution is -0.151. The van der Waals surface area contributed by atoms with Crippen LogP contribution in [-0.4, -0.2) is 62.6 Å². The van der Waals surface area contributed by atoms with Crippen molar-refractivity contribution in [2.45, 2.75) is 44.8 Å². The molecule has 128 valence electrons. The van der Waals surface area contributed by atoms with Crippen LogP contribution in [0, 0.1) is 11.8 Å². The Morgan fingerprint density at radius 1 is 1.43 bits per heavy atom. The standard InChI is InChI=1S/C16H26N4O3/c1-13-10-19(15(21)2-6-20-12-17-11-18-20)7-5-16(13,22)14-3-8-23-9-4-14/h11-14,22H,2-10H2,1H3/t13-,16+/m1/s1. The minimum absolute atomic E-state index is 0.0923. The van der Waals surface area contributed by atoms with Gasteiger partial charge in [-0.25, -0.2) is 4.98 Å². The van der Waals surface area contributed by atoms with Crippen molar-refractivity contribution >= 4 is 5.91 Å². The molecule has 0 unspecified atom stereocenters. The Morgan fingerprint density at radius 2 is 2.22 bits per heavy atom. The number of nitrogens with zero attached hydrogens (tertiary/aromatic N) is 4. The van der Waals surface area contributed by atoms with Gasteiger partial charge in [-0.2, -0.15) is 5.10 Å². The first-order chi connectivity index (χ1) is 11.1. The minimum atomic E-state index is -0.660. The van der Waals surface area contributed by atoms with E-state index < -0.39 is 5.60 Å². The van der Waals surface area contributed by atoms with Gasteiger partial charge in [-0.3, -0.25) is 9.48 Å². The molecule has 7 nitrogen and oxygen atoms in total. The second-order valence-corrected chi connectivity index (χ2v) is 6.78. The first kappa shape index (κ1) is 16.4. The van der Waals surface area contributed by atoms with E-state index >= 15 is 0 Å². The molecule has 3 rings (SSSR count). The molecule has 2 fully saturated rings. The molecule has 0 spiro atoms. The van der Waals surface area contributed by atoms with E-state index in [1.165, 1.54) is 6.33 Å². The predicted octanol–water partition coefficient (Wildman–Crippen LogP) is 0.694. The predicted molar refractivity (Wildman–Crippen MR) is 83.5 cm³/mol. The molecule has 2 aliphatic heterocycles. The summed E-state index contributed by atoms with van der Waals surface area (Å²) in [6.45, 7) is 5.35. The highest BCUT2D eigenvalue weighted by atomic mass is 16.5. The van der Waals surface area contributed by atoms with Gasteiger partial charge in [-0.05, 0) is 25.2 Å². The summed E-state index contributed by atoms with van der Waals surface area (Å²) >= 11 is 0. The fourth-order valence-corrected chi connectivity index (χ4v) is 3.89. The van der Waals surface area contributed by atoms with Gasteiger partial charge in [0.15, 0.2) is 0 Å². The van der Waals surface area contributed by atoms with E-state index in [1.807, 2.05) is 4.90 Å². The highest BCUT2D eigenvalue weighted by molar-refractivity contribution is 5.76.